The van der Waals surface area contributed by atoms with E-state index in [-0.39, 0.29) is 5.88 Å². The lowest BCUT2D eigenvalue weighted by atomic mass is 9.86. The molecule has 4 aromatic rings. The Hall–Kier alpha value is -3.47. The highest BCUT2D eigenvalue weighted by Crippen LogP contribution is 2.42. The van der Waals surface area contributed by atoms with E-state index in [0.717, 1.165) is 27.4 Å². The number of hydrogen-bond acceptors (Lipinski definition) is 4. The fraction of sp³-hybridized carbons (Fsp3) is 0.208. The Morgan fingerprint density at radius 3 is 2.48 bits per heavy atom. The predicted octanol–water partition coefficient (Wildman–Crippen LogP) is 5.43. The molecule has 0 fully saturated rings. The molecule has 29 heavy (non-hydrogen) atoms. The number of aryl methyl sites for hydroxylation is 1. The summed E-state index contributed by atoms with van der Waals surface area (Å²) in [4.78, 5) is 21.0. The van der Waals surface area contributed by atoms with Crippen molar-refractivity contribution in [2.75, 3.05) is 0 Å². The van der Waals surface area contributed by atoms with Gasteiger partial charge in [0, 0.05) is 21.9 Å². The SMILES string of the molecule is CCCC(C(=O)O)c1c(O)nc2nc3ccccc3cc2c1-c1ccc(C)cc1. The van der Waals surface area contributed by atoms with Gasteiger partial charge in [-0.15, -0.1) is 0 Å². The number of aromatic nitrogens is 2. The number of fused-ring (bicyclic) bond motifs is 2. The van der Waals surface area contributed by atoms with Crippen molar-refractivity contribution in [1.29, 1.82) is 0 Å². The number of rotatable bonds is 5. The van der Waals surface area contributed by atoms with E-state index >= 15 is 0 Å². The van der Waals surface area contributed by atoms with Crippen LogP contribution in [0.2, 0.25) is 0 Å². The third-order valence-electron chi connectivity index (χ3n) is 5.26. The monoisotopic (exact) mass is 386 g/mol. The third-order valence-corrected chi connectivity index (χ3v) is 5.26. The first-order chi connectivity index (χ1) is 14.0. The number of aromatic hydroxyl groups is 1. The van der Waals surface area contributed by atoms with Gasteiger partial charge in [-0.2, -0.15) is 4.98 Å². The zero-order valence-electron chi connectivity index (χ0n) is 16.4. The molecule has 0 spiro atoms. The number of para-hydroxylation sites is 1. The molecule has 2 aromatic heterocycles. The molecule has 0 aliphatic heterocycles. The smallest absolute Gasteiger partial charge is 0.311 e. The highest BCUT2D eigenvalue weighted by Gasteiger charge is 2.29. The zero-order valence-corrected chi connectivity index (χ0v) is 16.4. The number of nitrogens with zero attached hydrogens (tertiary/aromatic N) is 2. The summed E-state index contributed by atoms with van der Waals surface area (Å²) in [5, 5.41) is 22.4. The van der Waals surface area contributed by atoms with Crippen molar-refractivity contribution in [1.82, 2.24) is 9.97 Å². The van der Waals surface area contributed by atoms with Crippen LogP contribution in [0.4, 0.5) is 0 Å². The standard InChI is InChI=1S/C24H22N2O3/c1-3-6-17(24(28)29)21-20(15-11-9-14(2)10-12-15)18-13-16-7-4-5-8-19(16)25-22(18)26-23(21)27/h4-5,7-13,17H,3,6H2,1-2H3,(H,28,29)(H,25,26,27). The number of carbonyl (C=O) groups is 1. The number of pyridine rings is 2. The number of carboxylic acid groups (broad SMARTS) is 1. The summed E-state index contributed by atoms with van der Waals surface area (Å²) in [6.07, 6.45) is 1.09. The summed E-state index contributed by atoms with van der Waals surface area (Å²) in [6, 6.07) is 17.5. The summed E-state index contributed by atoms with van der Waals surface area (Å²) >= 11 is 0. The first kappa shape index (κ1) is 18.9. The van der Waals surface area contributed by atoms with Gasteiger partial charge < -0.3 is 10.2 Å². The molecule has 5 heteroatoms. The van der Waals surface area contributed by atoms with E-state index in [4.69, 9.17) is 0 Å². The quantitative estimate of drug-likeness (QED) is 0.447. The maximum atomic E-state index is 12.1. The molecule has 4 rings (SSSR count). The van der Waals surface area contributed by atoms with Gasteiger partial charge in [-0.05, 0) is 31.0 Å². The molecule has 0 bridgehead atoms. The molecule has 0 radical (unpaired) electrons. The van der Waals surface area contributed by atoms with Gasteiger partial charge >= 0.3 is 5.97 Å². The lowest BCUT2D eigenvalue weighted by Crippen LogP contribution is -2.14. The molecule has 0 aliphatic carbocycles. The van der Waals surface area contributed by atoms with Crippen molar-refractivity contribution in [3.8, 4) is 17.0 Å². The van der Waals surface area contributed by atoms with Gasteiger partial charge in [0.1, 0.15) is 0 Å². The van der Waals surface area contributed by atoms with Crippen LogP contribution in [0.25, 0.3) is 33.1 Å². The summed E-state index contributed by atoms with van der Waals surface area (Å²) < 4.78 is 0. The molecule has 146 valence electrons. The van der Waals surface area contributed by atoms with Gasteiger partial charge in [-0.25, -0.2) is 4.98 Å². The maximum Gasteiger partial charge on any atom is 0.311 e. The maximum absolute atomic E-state index is 12.1. The molecule has 2 N–H and O–H groups in total. The molecule has 2 aromatic carbocycles. The Balaban J connectivity index is 2.13. The third kappa shape index (κ3) is 3.40. The van der Waals surface area contributed by atoms with Crippen molar-refractivity contribution in [2.24, 2.45) is 0 Å². The average molecular weight is 386 g/mol. The molecule has 5 nitrogen and oxygen atoms in total. The second-order valence-corrected chi connectivity index (χ2v) is 7.32. The van der Waals surface area contributed by atoms with E-state index < -0.39 is 11.9 Å². The minimum Gasteiger partial charge on any atom is -0.493 e. The van der Waals surface area contributed by atoms with E-state index in [1.807, 2.05) is 68.4 Å². The number of benzene rings is 2. The van der Waals surface area contributed by atoms with Crippen LogP contribution >= 0.6 is 0 Å². The van der Waals surface area contributed by atoms with Crippen LogP contribution in [0, 0.1) is 6.92 Å². The van der Waals surface area contributed by atoms with Crippen LogP contribution in [-0.2, 0) is 4.79 Å². The number of aliphatic carboxylic acids is 1. The molecule has 2 heterocycles. The minimum atomic E-state index is -0.967. The molecule has 1 unspecified atom stereocenters. The van der Waals surface area contributed by atoms with E-state index in [0.29, 0.717) is 29.6 Å². The summed E-state index contributed by atoms with van der Waals surface area (Å²) in [7, 11) is 0. The average Bonchev–Trinajstić information content (AvgIpc) is 2.71. The largest absolute Gasteiger partial charge is 0.493 e. The predicted molar refractivity (Wildman–Crippen MR) is 114 cm³/mol. The van der Waals surface area contributed by atoms with Crippen molar-refractivity contribution in [3.63, 3.8) is 0 Å². The van der Waals surface area contributed by atoms with Gasteiger partial charge in [0.25, 0.3) is 0 Å². The zero-order chi connectivity index (χ0) is 20.5. The highest BCUT2D eigenvalue weighted by molar-refractivity contribution is 6.02. The first-order valence-corrected chi connectivity index (χ1v) is 9.71. The fourth-order valence-electron chi connectivity index (χ4n) is 3.83. The van der Waals surface area contributed by atoms with Gasteiger partial charge in [0.05, 0.1) is 11.4 Å². The minimum absolute atomic E-state index is 0.267. The van der Waals surface area contributed by atoms with Crippen LogP contribution in [0.5, 0.6) is 5.88 Å². The molecule has 0 saturated heterocycles. The topological polar surface area (TPSA) is 83.3 Å². The highest BCUT2D eigenvalue weighted by atomic mass is 16.4. The number of carboxylic acids is 1. The van der Waals surface area contributed by atoms with Gasteiger partial charge in [0.15, 0.2) is 5.65 Å². The van der Waals surface area contributed by atoms with Crippen molar-refractivity contribution < 1.29 is 15.0 Å². The summed E-state index contributed by atoms with van der Waals surface area (Å²) in [5.41, 5.74) is 4.16. The first-order valence-electron chi connectivity index (χ1n) is 9.71. The van der Waals surface area contributed by atoms with E-state index in [1.165, 1.54) is 0 Å². The van der Waals surface area contributed by atoms with Crippen LogP contribution in [0.15, 0.2) is 54.6 Å². The van der Waals surface area contributed by atoms with E-state index in [2.05, 4.69) is 9.97 Å². The lowest BCUT2D eigenvalue weighted by molar-refractivity contribution is -0.139. The van der Waals surface area contributed by atoms with Crippen LogP contribution in [0.3, 0.4) is 0 Å². The molecule has 0 aliphatic rings. The van der Waals surface area contributed by atoms with E-state index in [9.17, 15) is 15.0 Å². The molecule has 0 amide bonds. The molecule has 1 atom stereocenters. The van der Waals surface area contributed by atoms with Gasteiger partial charge in [-0.1, -0.05) is 61.4 Å². The second-order valence-electron chi connectivity index (χ2n) is 7.32. The Bertz CT molecular complexity index is 1220. The lowest BCUT2D eigenvalue weighted by Gasteiger charge is -2.20. The molecular weight excluding hydrogens is 364 g/mol. The fourth-order valence-corrected chi connectivity index (χ4v) is 3.83. The van der Waals surface area contributed by atoms with Crippen LogP contribution < -0.4 is 0 Å². The van der Waals surface area contributed by atoms with Crippen molar-refractivity contribution >= 4 is 27.9 Å². The Morgan fingerprint density at radius 2 is 1.79 bits per heavy atom. The molecule has 0 saturated carbocycles. The normalized spacial score (nSPS) is 12.3. The van der Waals surface area contributed by atoms with Crippen LogP contribution in [-0.4, -0.2) is 26.2 Å². The van der Waals surface area contributed by atoms with E-state index in [1.54, 1.807) is 0 Å². The van der Waals surface area contributed by atoms with Crippen molar-refractivity contribution in [2.45, 2.75) is 32.6 Å². The summed E-state index contributed by atoms with van der Waals surface area (Å²) in [6.45, 7) is 3.93. The second kappa shape index (κ2) is 7.51. The molecular formula is C24H22N2O3. The summed E-state index contributed by atoms with van der Waals surface area (Å²) in [5.74, 6) is -2.08. The van der Waals surface area contributed by atoms with Crippen molar-refractivity contribution in [3.05, 3.63) is 65.7 Å². The Morgan fingerprint density at radius 1 is 1.07 bits per heavy atom. The number of hydrogen-bond donors (Lipinski definition) is 2. The Labute approximate surface area is 168 Å². The Kier molecular flexibility index (Phi) is 4.89. The van der Waals surface area contributed by atoms with Gasteiger partial charge in [0.2, 0.25) is 5.88 Å². The van der Waals surface area contributed by atoms with Gasteiger partial charge in [-0.3, -0.25) is 4.79 Å². The van der Waals surface area contributed by atoms with Crippen LogP contribution in [0.1, 0.15) is 36.8 Å².